The van der Waals surface area contributed by atoms with Crippen molar-refractivity contribution in [1.29, 1.82) is 0 Å². The minimum Gasteiger partial charge on any atom is -0.497 e. The Morgan fingerprint density at radius 1 is 0.953 bits per heavy atom. The number of carbonyl (C=O) groups excluding carboxylic acids is 2. The molecule has 0 saturated heterocycles. The second-order valence-electron chi connectivity index (χ2n) is 10.7. The zero-order valence-electron chi connectivity index (χ0n) is 24.7. The summed E-state index contributed by atoms with van der Waals surface area (Å²) in [7, 11) is -1.05. The standard InChI is InChI=1S/C32H38ClN3O6S/c1-41-27-17-18-28(30(20-27)42-2)36(43(3,39)40)22-31(37)35(21-24-13-15-25(33)16-14-24)29(19-23-9-5-4-6-10-23)32(38)34-26-11-7-8-12-26/h4-6,9-10,13-18,20,26,29H,7-8,11-12,19,21-22H2,1-3H3,(H,34,38). The summed E-state index contributed by atoms with van der Waals surface area (Å²) in [4.78, 5) is 29.7. The van der Waals surface area contributed by atoms with Crippen molar-refractivity contribution in [2.75, 3.05) is 31.3 Å². The molecule has 230 valence electrons. The largest absolute Gasteiger partial charge is 0.497 e. The Hall–Kier alpha value is -3.76. The molecule has 1 aliphatic carbocycles. The number of sulfonamides is 1. The normalized spacial score (nSPS) is 14.1. The van der Waals surface area contributed by atoms with Crippen LogP contribution in [-0.2, 0) is 32.6 Å². The van der Waals surface area contributed by atoms with Gasteiger partial charge in [-0.05, 0) is 48.2 Å². The van der Waals surface area contributed by atoms with Gasteiger partial charge in [0.1, 0.15) is 24.1 Å². The van der Waals surface area contributed by atoms with Crippen LogP contribution in [0.2, 0.25) is 5.02 Å². The Morgan fingerprint density at radius 2 is 1.63 bits per heavy atom. The highest BCUT2D eigenvalue weighted by Crippen LogP contribution is 2.34. The Bertz CT molecular complexity index is 1500. The van der Waals surface area contributed by atoms with E-state index in [1.165, 1.54) is 25.2 Å². The second-order valence-corrected chi connectivity index (χ2v) is 13.0. The van der Waals surface area contributed by atoms with Gasteiger partial charge in [-0.2, -0.15) is 0 Å². The molecule has 1 unspecified atom stereocenters. The third kappa shape index (κ3) is 8.64. The third-order valence-electron chi connectivity index (χ3n) is 7.57. The van der Waals surface area contributed by atoms with Crippen LogP contribution in [0.15, 0.2) is 72.8 Å². The average molecular weight is 628 g/mol. The Morgan fingerprint density at radius 3 is 2.23 bits per heavy atom. The lowest BCUT2D eigenvalue weighted by Crippen LogP contribution is -2.54. The first-order chi connectivity index (χ1) is 20.6. The molecule has 2 amide bonds. The fourth-order valence-electron chi connectivity index (χ4n) is 5.29. The maximum atomic E-state index is 14.3. The number of amides is 2. The second kappa shape index (κ2) is 14.6. The highest BCUT2D eigenvalue weighted by Gasteiger charge is 2.35. The first kappa shape index (κ1) is 32.2. The molecule has 1 fully saturated rings. The van der Waals surface area contributed by atoms with Gasteiger partial charge in [0.2, 0.25) is 21.8 Å². The molecule has 11 heteroatoms. The summed E-state index contributed by atoms with van der Waals surface area (Å²) in [5.74, 6) is -0.121. The lowest BCUT2D eigenvalue weighted by atomic mass is 10.0. The Labute approximate surface area is 258 Å². The number of nitrogens with one attached hydrogen (secondary N) is 1. The van der Waals surface area contributed by atoms with E-state index in [0.29, 0.717) is 10.8 Å². The van der Waals surface area contributed by atoms with Crippen LogP contribution in [0.4, 0.5) is 5.69 Å². The van der Waals surface area contributed by atoms with Crippen LogP contribution in [0.3, 0.4) is 0 Å². The van der Waals surface area contributed by atoms with Crippen LogP contribution in [0.1, 0.15) is 36.8 Å². The number of ether oxygens (including phenoxy) is 2. The van der Waals surface area contributed by atoms with Crippen LogP contribution in [0, 0.1) is 0 Å². The van der Waals surface area contributed by atoms with Gasteiger partial charge in [0.15, 0.2) is 0 Å². The SMILES string of the molecule is COc1ccc(N(CC(=O)N(Cc2ccc(Cl)cc2)C(Cc2ccccc2)C(=O)NC2CCCC2)S(C)(=O)=O)c(OC)c1. The zero-order valence-corrected chi connectivity index (χ0v) is 26.2. The molecule has 4 rings (SSSR count). The first-order valence-electron chi connectivity index (χ1n) is 14.2. The summed E-state index contributed by atoms with van der Waals surface area (Å²) in [6, 6.07) is 20.3. The summed E-state index contributed by atoms with van der Waals surface area (Å²) in [5, 5.41) is 3.69. The molecule has 0 radical (unpaired) electrons. The quantitative estimate of drug-likeness (QED) is 0.291. The number of methoxy groups -OCH3 is 2. The number of benzene rings is 3. The molecule has 1 aliphatic rings. The molecule has 0 heterocycles. The lowest BCUT2D eigenvalue weighted by molar-refractivity contribution is -0.140. The van der Waals surface area contributed by atoms with Crippen LogP contribution in [0.5, 0.6) is 11.5 Å². The number of hydrogen-bond acceptors (Lipinski definition) is 6. The fourth-order valence-corrected chi connectivity index (χ4v) is 6.27. The summed E-state index contributed by atoms with van der Waals surface area (Å²) >= 11 is 6.12. The van der Waals surface area contributed by atoms with Gasteiger partial charge in [0, 0.05) is 30.1 Å². The molecular weight excluding hydrogens is 590 g/mol. The summed E-state index contributed by atoms with van der Waals surface area (Å²) in [6.07, 6.45) is 5.12. The summed E-state index contributed by atoms with van der Waals surface area (Å²) in [5.41, 5.74) is 1.80. The van der Waals surface area contributed by atoms with Gasteiger partial charge in [-0.3, -0.25) is 13.9 Å². The van der Waals surface area contributed by atoms with Crippen LogP contribution in [0.25, 0.3) is 0 Å². The molecule has 43 heavy (non-hydrogen) atoms. The number of rotatable bonds is 13. The molecule has 1 saturated carbocycles. The minimum atomic E-state index is -3.95. The van der Waals surface area contributed by atoms with E-state index in [1.54, 1.807) is 36.4 Å². The van der Waals surface area contributed by atoms with E-state index in [0.717, 1.165) is 47.4 Å². The predicted molar refractivity (Wildman–Crippen MR) is 168 cm³/mol. The monoisotopic (exact) mass is 627 g/mol. The minimum absolute atomic E-state index is 0.0364. The summed E-state index contributed by atoms with van der Waals surface area (Å²) < 4.78 is 37.9. The van der Waals surface area contributed by atoms with Gasteiger partial charge < -0.3 is 19.7 Å². The molecule has 3 aromatic carbocycles. The average Bonchev–Trinajstić information content (AvgIpc) is 3.51. The lowest BCUT2D eigenvalue weighted by Gasteiger charge is -2.34. The smallest absolute Gasteiger partial charge is 0.244 e. The number of nitrogens with zero attached hydrogens (tertiary/aromatic N) is 2. The molecule has 3 aromatic rings. The number of anilines is 1. The molecule has 0 bridgehead atoms. The molecule has 1 atom stereocenters. The first-order valence-corrected chi connectivity index (χ1v) is 16.4. The van der Waals surface area contributed by atoms with Crippen molar-refractivity contribution in [3.8, 4) is 11.5 Å². The Kier molecular flexibility index (Phi) is 10.9. The number of hydrogen-bond donors (Lipinski definition) is 1. The van der Waals surface area contributed by atoms with Gasteiger partial charge in [0.05, 0.1) is 26.2 Å². The highest BCUT2D eigenvalue weighted by atomic mass is 35.5. The van der Waals surface area contributed by atoms with Crippen LogP contribution >= 0.6 is 11.6 Å². The van der Waals surface area contributed by atoms with E-state index in [9.17, 15) is 18.0 Å². The maximum Gasteiger partial charge on any atom is 0.244 e. The van der Waals surface area contributed by atoms with Crippen LogP contribution < -0.4 is 19.1 Å². The van der Waals surface area contributed by atoms with Crippen LogP contribution in [-0.4, -0.2) is 64.2 Å². The van der Waals surface area contributed by atoms with E-state index in [2.05, 4.69) is 5.32 Å². The molecule has 0 aliphatic heterocycles. The van der Waals surface area contributed by atoms with Gasteiger partial charge in [0.25, 0.3) is 0 Å². The van der Waals surface area contributed by atoms with Crippen molar-refractivity contribution in [1.82, 2.24) is 10.2 Å². The Balaban J connectivity index is 1.74. The highest BCUT2D eigenvalue weighted by molar-refractivity contribution is 7.92. The molecule has 9 nitrogen and oxygen atoms in total. The van der Waals surface area contributed by atoms with Crippen molar-refractivity contribution in [3.63, 3.8) is 0 Å². The molecule has 0 aromatic heterocycles. The predicted octanol–water partition coefficient (Wildman–Crippen LogP) is 4.82. The topological polar surface area (TPSA) is 105 Å². The molecule has 0 spiro atoms. The summed E-state index contributed by atoms with van der Waals surface area (Å²) in [6.45, 7) is -0.472. The molecular formula is C32H38ClN3O6S. The van der Waals surface area contributed by atoms with E-state index in [-0.39, 0.29) is 36.4 Å². The van der Waals surface area contributed by atoms with E-state index in [4.69, 9.17) is 21.1 Å². The van der Waals surface area contributed by atoms with Gasteiger partial charge >= 0.3 is 0 Å². The van der Waals surface area contributed by atoms with Crippen molar-refractivity contribution in [2.24, 2.45) is 0 Å². The van der Waals surface area contributed by atoms with Gasteiger partial charge in [-0.25, -0.2) is 8.42 Å². The number of carbonyl (C=O) groups is 2. The van der Waals surface area contributed by atoms with Gasteiger partial charge in [-0.15, -0.1) is 0 Å². The van der Waals surface area contributed by atoms with Crippen molar-refractivity contribution >= 4 is 39.1 Å². The number of halogens is 1. The van der Waals surface area contributed by atoms with E-state index >= 15 is 0 Å². The fraction of sp³-hybridized carbons (Fsp3) is 0.375. The maximum absolute atomic E-state index is 14.3. The van der Waals surface area contributed by atoms with Crippen molar-refractivity contribution in [2.45, 2.75) is 50.7 Å². The zero-order chi connectivity index (χ0) is 31.0. The molecule has 1 N–H and O–H groups in total. The third-order valence-corrected chi connectivity index (χ3v) is 8.95. The van der Waals surface area contributed by atoms with Gasteiger partial charge in [-0.1, -0.05) is 66.9 Å². The van der Waals surface area contributed by atoms with Crippen molar-refractivity contribution < 1.29 is 27.5 Å². The van der Waals surface area contributed by atoms with E-state index in [1.807, 2.05) is 30.3 Å². The van der Waals surface area contributed by atoms with Crippen molar-refractivity contribution in [3.05, 3.63) is 88.9 Å². The van der Waals surface area contributed by atoms with E-state index < -0.39 is 28.5 Å².